The Labute approximate surface area is 246 Å². The predicted octanol–water partition coefficient (Wildman–Crippen LogP) is -6.07. The van der Waals surface area contributed by atoms with Gasteiger partial charge in [0.15, 0.2) is 0 Å². The van der Waals surface area contributed by atoms with E-state index in [9.17, 15) is 0 Å². The summed E-state index contributed by atoms with van der Waals surface area (Å²) in [6, 6.07) is 0. The quantitative estimate of drug-likeness (QED) is 0.307. The van der Waals surface area contributed by atoms with Gasteiger partial charge in [-0.25, -0.2) is 0 Å². The summed E-state index contributed by atoms with van der Waals surface area (Å²) in [6.45, 7) is 28.5. The second-order valence-electron chi connectivity index (χ2n) is 0. The van der Waals surface area contributed by atoms with E-state index in [0.717, 1.165) is 0 Å². The van der Waals surface area contributed by atoms with Crippen LogP contribution in [0.1, 0.15) is 1.43 Å². The van der Waals surface area contributed by atoms with Crippen LogP contribution in [0.4, 0.5) is 0 Å². The third kappa shape index (κ3) is 404. The second kappa shape index (κ2) is 450. The van der Waals surface area contributed by atoms with Crippen molar-refractivity contribution in [3.05, 3.63) is 39.4 Å². The summed E-state index contributed by atoms with van der Waals surface area (Å²) in [5, 5.41) is 37.5. The van der Waals surface area contributed by atoms with Crippen molar-refractivity contribution in [3.63, 3.8) is 0 Å². The van der Waals surface area contributed by atoms with Gasteiger partial charge in [0.2, 0.25) is 0 Å². The van der Waals surface area contributed by atoms with Gasteiger partial charge in [0.25, 0.3) is 0 Å². The molecule has 0 amide bonds. The maximum absolute atomic E-state index is 6.25. The Morgan fingerprint density at radius 3 is 0.471 bits per heavy atom. The molecular weight excluding hydrogens is 368 g/mol. The van der Waals surface area contributed by atoms with Crippen LogP contribution in [0.15, 0.2) is 0 Å². The first-order chi connectivity index (χ1) is 7.00. The molecule has 0 aromatic heterocycles. The molecule has 0 rings (SSSR count). The van der Waals surface area contributed by atoms with Gasteiger partial charge in [0.1, 0.15) is 0 Å². The van der Waals surface area contributed by atoms with E-state index < -0.39 is 0 Å². The second-order valence-corrected chi connectivity index (χ2v) is 0. The van der Waals surface area contributed by atoms with Gasteiger partial charge < -0.3 is 72.4 Å². The molecule has 0 saturated heterocycles. The Bertz CT molecular complexity index is 111. The summed E-state index contributed by atoms with van der Waals surface area (Å²) >= 11 is 2.50. The number of hydrogen-bond donors (Lipinski definition) is 0. The topological polar surface area (TPSA) is 143 Å². The molecule has 0 atom stereocenters. The molecule has 0 heterocycles. The Balaban J connectivity index is -0.00000000340. The van der Waals surface area contributed by atoms with Crippen molar-refractivity contribution in [1.29, 1.82) is 31.6 Å². The van der Waals surface area contributed by atoms with Crippen LogP contribution in [0.3, 0.4) is 0 Å². The molecule has 0 bridgehead atoms. The van der Waals surface area contributed by atoms with Gasteiger partial charge in [-0.3, -0.25) is 0 Å². The van der Waals surface area contributed by atoms with Crippen molar-refractivity contribution < 1.29 is 121 Å². The van der Waals surface area contributed by atoms with E-state index in [4.69, 9.17) is 71.0 Å². The van der Waals surface area contributed by atoms with Crippen LogP contribution in [0.25, 0.3) is 0 Å². The van der Waals surface area contributed by atoms with E-state index in [1.165, 1.54) is 63.2 Å². The maximum atomic E-state index is 6.25. The Kier molecular flexibility index (Phi) is 1840. The van der Waals surface area contributed by atoms with Crippen LogP contribution in [-0.2, 0) is 17.1 Å². The zero-order valence-electron chi connectivity index (χ0n) is 11.0. The molecule has 0 aliphatic carbocycles. The van der Waals surface area contributed by atoms with Crippen LogP contribution in [0.5, 0.6) is 0 Å². The fourth-order valence-electron chi connectivity index (χ4n) is 0. The van der Waals surface area contributed by atoms with Crippen molar-refractivity contribution in [2.24, 2.45) is 0 Å². The van der Waals surface area contributed by atoms with Crippen molar-refractivity contribution >= 4 is 63.2 Å². The molecular formula is C6HFeK4N6+. The summed E-state index contributed by atoms with van der Waals surface area (Å²) in [7, 11) is 0. The van der Waals surface area contributed by atoms with E-state index in [-0.39, 0.29) is 121 Å². The van der Waals surface area contributed by atoms with Crippen molar-refractivity contribution in [2.75, 3.05) is 0 Å². The fourth-order valence-corrected chi connectivity index (χ4v) is 0. The molecule has 0 unspecified atom stereocenters. The van der Waals surface area contributed by atoms with Crippen LogP contribution < -0.4 is 103 Å². The van der Waals surface area contributed by atoms with E-state index >= 15 is 0 Å². The molecule has 11 heteroatoms. The molecule has 0 aliphatic rings. The summed E-state index contributed by atoms with van der Waals surface area (Å²) in [6.07, 6.45) is 0. The van der Waals surface area contributed by atoms with Crippen LogP contribution in [-0.4, -0.2) is 63.2 Å². The van der Waals surface area contributed by atoms with Crippen LogP contribution in [0, 0.1) is 71.0 Å². The normalized spacial score (nSPS) is 1.18. The molecule has 0 saturated carbocycles. The third-order valence-corrected chi connectivity index (χ3v) is 0. The molecule has 0 radical (unpaired) electrons. The van der Waals surface area contributed by atoms with Gasteiger partial charge in [0.05, 0.1) is 0 Å². The number of rotatable bonds is 0. The van der Waals surface area contributed by atoms with Crippen molar-refractivity contribution in [2.45, 2.75) is 0 Å². The van der Waals surface area contributed by atoms with Gasteiger partial charge in [-0.1, -0.05) is 0 Å². The first-order valence-electron chi connectivity index (χ1n) is 2.34. The van der Waals surface area contributed by atoms with Crippen LogP contribution in [0.2, 0.25) is 0 Å². The fraction of sp³-hybridized carbons (Fsp3) is 0. The number of nitrogens with zero attached hydrogens (tertiary/aromatic N) is 6. The molecule has 0 fully saturated rings. The average Bonchev–Trinajstić information content (AvgIpc) is 2.45. The van der Waals surface area contributed by atoms with E-state index in [1.807, 2.05) is 0 Å². The van der Waals surface area contributed by atoms with Gasteiger partial charge >= 0.3 is 183 Å². The summed E-state index contributed by atoms with van der Waals surface area (Å²) in [4.78, 5) is 0. The molecule has 66 valence electrons. The van der Waals surface area contributed by atoms with Gasteiger partial charge in [-0.05, 0) is 0 Å². The molecule has 0 aliphatic heterocycles. The summed E-state index contributed by atoms with van der Waals surface area (Å²) in [5.41, 5.74) is 0. The van der Waals surface area contributed by atoms with Gasteiger partial charge in [-0.15, -0.1) is 0 Å². The van der Waals surface area contributed by atoms with Crippen LogP contribution >= 0.6 is 0 Å². The molecule has 17 heavy (non-hydrogen) atoms. The predicted molar refractivity (Wildman–Crippen MR) is 42.4 cm³/mol. The van der Waals surface area contributed by atoms with Gasteiger partial charge in [-0.2, -0.15) is 0 Å². The van der Waals surface area contributed by atoms with Gasteiger partial charge in [0, 0.05) is 0 Å². The number of hydrogen-bond acceptors (Lipinski definition) is 6. The first-order valence-corrected chi connectivity index (χ1v) is 18.3. The summed E-state index contributed by atoms with van der Waals surface area (Å²) in [5.74, 6) is 0. The molecule has 0 spiro atoms. The van der Waals surface area contributed by atoms with E-state index in [2.05, 4.69) is 0 Å². The SMILES string of the molecule is [C-]#N.[C-]#N.[C-]#N.[C-]#N.[C-]#N.[C-]#N.[Fe+6].[H-].[K+].[K+].[K][K]. The average molecular weight is 369 g/mol. The molecule has 0 N–H and O–H groups in total. The zero-order valence-corrected chi connectivity index (χ0v) is 23.6. The minimum absolute atomic E-state index is 0. The third-order valence-electron chi connectivity index (χ3n) is 0. The molecule has 0 aromatic carbocycles. The van der Waals surface area contributed by atoms with E-state index in [0.29, 0.717) is 0 Å². The minimum atomic E-state index is 0. The monoisotopic (exact) mass is 369 g/mol. The molecule has 6 nitrogen and oxygen atoms in total. The Morgan fingerprint density at radius 1 is 0.471 bits per heavy atom. The summed E-state index contributed by atoms with van der Waals surface area (Å²) < 4.78 is 0. The Morgan fingerprint density at radius 2 is 0.471 bits per heavy atom. The zero-order chi connectivity index (χ0) is 14.0. The standard InChI is InChI=1S/6CN.Fe.4K.H/c6*1-2;;;;;;/q6*-1;+6;;;2*+1;-1. The molecule has 0 aromatic rings. The Hall–Kier alpha value is 4.00. The first kappa shape index (κ1) is 69.4. The van der Waals surface area contributed by atoms with Crippen molar-refractivity contribution in [1.82, 2.24) is 0 Å². The van der Waals surface area contributed by atoms with E-state index in [1.54, 1.807) is 0 Å². The van der Waals surface area contributed by atoms with Crippen molar-refractivity contribution in [3.8, 4) is 0 Å².